The first-order valence-corrected chi connectivity index (χ1v) is 5.76. The molecule has 0 saturated heterocycles. The van der Waals surface area contributed by atoms with Crippen LogP contribution in [0.2, 0.25) is 5.02 Å². The second-order valence-corrected chi connectivity index (χ2v) is 4.46. The summed E-state index contributed by atoms with van der Waals surface area (Å²) in [7, 11) is 0. The molecule has 3 heteroatoms. The van der Waals surface area contributed by atoms with Crippen molar-refractivity contribution in [2.24, 2.45) is 0 Å². The third-order valence-corrected chi connectivity index (χ3v) is 3.10. The van der Waals surface area contributed by atoms with E-state index in [0.29, 0.717) is 16.3 Å². The Labute approximate surface area is 106 Å². The number of hydrogen-bond acceptors (Lipinski definition) is 2. The number of aliphatic hydroxyl groups is 1. The van der Waals surface area contributed by atoms with E-state index in [1.165, 1.54) is 0 Å². The Morgan fingerprint density at radius 2 is 1.76 bits per heavy atom. The van der Waals surface area contributed by atoms with E-state index in [0.717, 1.165) is 11.1 Å². The van der Waals surface area contributed by atoms with Crippen molar-refractivity contribution in [3.05, 3.63) is 64.2 Å². The fourth-order valence-corrected chi connectivity index (χ4v) is 1.90. The lowest BCUT2D eigenvalue weighted by Crippen LogP contribution is -2.04. The van der Waals surface area contributed by atoms with E-state index >= 15 is 0 Å². The van der Waals surface area contributed by atoms with Crippen LogP contribution in [0.25, 0.3) is 0 Å². The van der Waals surface area contributed by atoms with Crippen molar-refractivity contribution >= 4 is 17.3 Å². The van der Waals surface area contributed by atoms with Crippen LogP contribution in [0.3, 0.4) is 0 Å². The largest absolute Gasteiger partial charge is 0.397 e. The molecule has 2 aromatic carbocycles. The fourth-order valence-electron chi connectivity index (χ4n) is 1.72. The van der Waals surface area contributed by atoms with Crippen LogP contribution < -0.4 is 5.73 Å². The molecule has 1 atom stereocenters. The van der Waals surface area contributed by atoms with Crippen LogP contribution in [0.5, 0.6) is 0 Å². The van der Waals surface area contributed by atoms with E-state index in [1.807, 2.05) is 31.2 Å². The van der Waals surface area contributed by atoms with Crippen molar-refractivity contribution in [2.45, 2.75) is 13.0 Å². The molecule has 88 valence electrons. The molecule has 1 unspecified atom stereocenters. The minimum absolute atomic E-state index is 0.433. The number of benzene rings is 2. The highest BCUT2D eigenvalue weighted by Crippen LogP contribution is 2.31. The van der Waals surface area contributed by atoms with Gasteiger partial charge in [-0.3, -0.25) is 0 Å². The van der Waals surface area contributed by atoms with Crippen LogP contribution in [-0.4, -0.2) is 5.11 Å². The monoisotopic (exact) mass is 247 g/mol. The van der Waals surface area contributed by atoms with Gasteiger partial charge < -0.3 is 10.8 Å². The number of nitrogen functional groups attached to an aromatic ring is 1. The summed E-state index contributed by atoms with van der Waals surface area (Å²) in [6, 6.07) is 13.0. The first-order valence-electron chi connectivity index (χ1n) is 5.38. The highest BCUT2D eigenvalue weighted by atomic mass is 35.5. The molecule has 0 aliphatic rings. The fraction of sp³-hybridized carbons (Fsp3) is 0.143. The van der Waals surface area contributed by atoms with Crippen molar-refractivity contribution in [3.8, 4) is 0 Å². The van der Waals surface area contributed by atoms with E-state index in [2.05, 4.69) is 0 Å². The number of hydrogen-bond donors (Lipinski definition) is 2. The van der Waals surface area contributed by atoms with Gasteiger partial charge in [0.05, 0.1) is 10.7 Å². The van der Waals surface area contributed by atoms with Gasteiger partial charge in [-0.15, -0.1) is 0 Å². The number of para-hydroxylation sites is 1. The van der Waals surface area contributed by atoms with Crippen LogP contribution in [0, 0.1) is 6.92 Å². The molecule has 0 saturated carbocycles. The summed E-state index contributed by atoms with van der Waals surface area (Å²) in [5.74, 6) is 0. The molecule has 0 radical (unpaired) electrons. The third kappa shape index (κ3) is 2.43. The van der Waals surface area contributed by atoms with Gasteiger partial charge >= 0.3 is 0 Å². The van der Waals surface area contributed by atoms with Gasteiger partial charge in [0.2, 0.25) is 0 Å². The van der Waals surface area contributed by atoms with Crippen LogP contribution in [-0.2, 0) is 0 Å². The lowest BCUT2D eigenvalue weighted by molar-refractivity contribution is 0.221. The third-order valence-electron chi connectivity index (χ3n) is 2.77. The molecule has 0 fully saturated rings. The Morgan fingerprint density at radius 3 is 2.41 bits per heavy atom. The number of aryl methyl sites for hydroxylation is 1. The SMILES string of the molecule is Cc1ccc(C(O)c2cccc(Cl)c2N)cc1. The van der Waals surface area contributed by atoms with Gasteiger partial charge in [-0.05, 0) is 18.6 Å². The Bertz CT molecular complexity index is 522. The van der Waals surface area contributed by atoms with E-state index < -0.39 is 6.10 Å². The number of halogens is 1. The van der Waals surface area contributed by atoms with Gasteiger partial charge in [-0.2, -0.15) is 0 Å². The summed E-state index contributed by atoms with van der Waals surface area (Å²) in [5.41, 5.74) is 8.89. The molecular formula is C14H14ClNO. The molecule has 2 aromatic rings. The van der Waals surface area contributed by atoms with Crippen LogP contribution in [0.1, 0.15) is 22.8 Å². The lowest BCUT2D eigenvalue weighted by Gasteiger charge is -2.14. The molecule has 2 rings (SSSR count). The molecular weight excluding hydrogens is 234 g/mol. The number of nitrogens with two attached hydrogens (primary N) is 1. The Hall–Kier alpha value is -1.51. The zero-order chi connectivity index (χ0) is 12.4. The van der Waals surface area contributed by atoms with Crippen LogP contribution in [0.15, 0.2) is 42.5 Å². The smallest absolute Gasteiger partial charge is 0.106 e. The van der Waals surface area contributed by atoms with Crippen molar-refractivity contribution in [1.82, 2.24) is 0 Å². The van der Waals surface area contributed by atoms with Gasteiger partial charge in [0.15, 0.2) is 0 Å². The van der Waals surface area contributed by atoms with Crippen molar-refractivity contribution in [2.75, 3.05) is 5.73 Å². The Kier molecular flexibility index (Phi) is 3.36. The first-order chi connectivity index (χ1) is 8.09. The second kappa shape index (κ2) is 4.78. The van der Waals surface area contributed by atoms with Crippen LogP contribution >= 0.6 is 11.6 Å². The summed E-state index contributed by atoms with van der Waals surface area (Å²) in [6.07, 6.45) is -0.741. The maximum atomic E-state index is 10.2. The zero-order valence-corrected chi connectivity index (χ0v) is 10.3. The summed E-state index contributed by atoms with van der Waals surface area (Å²) in [5, 5.41) is 10.7. The number of aliphatic hydroxyl groups excluding tert-OH is 1. The van der Waals surface area contributed by atoms with Gasteiger partial charge in [0.25, 0.3) is 0 Å². The standard InChI is InChI=1S/C14H14ClNO/c1-9-5-7-10(8-6-9)14(17)11-3-2-4-12(15)13(11)16/h2-8,14,17H,16H2,1H3. The molecule has 2 nitrogen and oxygen atoms in total. The van der Waals surface area contributed by atoms with E-state index in [9.17, 15) is 5.11 Å². The number of anilines is 1. The van der Waals surface area contributed by atoms with Gasteiger partial charge in [0, 0.05) is 5.56 Å². The van der Waals surface area contributed by atoms with Gasteiger partial charge in [-0.25, -0.2) is 0 Å². The van der Waals surface area contributed by atoms with Crippen molar-refractivity contribution in [3.63, 3.8) is 0 Å². The van der Waals surface area contributed by atoms with Gasteiger partial charge in [-0.1, -0.05) is 53.6 Å². The summed E-state index contributed by atoms with van der Waals surface area (Å²) >= 11 is 5.93. The summed E-state index contributed by atoms with van der Waals surface area (Å²) in [6.45, 7) is 2.00. The van der Waals surface area contributed by atoms with Gasteiger partial charge in [0.1, 0.15) is 6.10 Å². The molecule has 0 aliphatic carbocycles. The first kappa shape index (κ1) is 12.0. The van der Waals surface area contributed by atoms with E-state index in [1.54, 1.807) is 18.2 Å². The molecule has 0 bridgehead atoms. The zero-order valence-electron chi connectivity index (χ0n) is 9.52. The highest BCUT2D eigenvalue weighted by Gasteiger charge is 2.14. The topological polar surface area (TPSA) is 46.2 Å². The molecule has 0 aliphatic heterocycles. The molecule has 0 aromatic heterocycles. The maximum Gasteiger partial charge on any atom is 0.106 e. The minimum atomic E-state index is -0.741. The Balaban J connectivity index is 2.40. The normalized spacial score (nSPS) is 12.4. The lowest BCUT2D eigenvalue weighted by atomic mass is 9.99. The number of rotatable bonds is 2. The summed E-state index contributed by atoms with van der Waals surface area (Å²) in [4.78, 5) is 0. The van der Waals surface area contributed by atoms with Crippen molar-refractivity contribution < 1.29 is 5.11 Å². The predicted octanol–water partition coefficient (Wildman–Crippen LogP) is 3.31. The van der Waals surface area contributed by atoms with Crippen LogP contribution in [0.4, 0.5) is 5.69 Å². The summed E-state index contributed by atoms with van der Waals surface area (Å²) < 4.78 is 0. The average Bonchev–Trinajstić information content (AvgIpc) is 2.33. The minimum Gasteiger partial charge on any atom is -0.397 e. The molecule has 0 amide bonds. The molecule has 17 heavy (non-hydrogen) atoms. The second-order valence-electron chi connectivity index (χ2n) is 4.06. The maximum absolute atomic E-state index is 10.2. The molecule has 0 heterocycles. The quantitative estimate of drug-likeness (QED) is 0.800. The highest BCUT2D eigenvalue weighted by molar-refractivity contribution is 6.33. The molecule has 0 spiro atoms. The van der Waals surface area contributed by atoms with Crippen molar-refractivity contribution in [1.29, 1.82) is 0 Å². The van der Waals surface area contributed by atoms with E-state index in [4.69, 9.17) is 17.3 Å². The van der Waals surface area contributed by atoms with E-state index in [-0.39, 0.29) is 0 Å². The average molecular weight is 248 g/mol. The molecule has 3 N–H and O–H groups in total. The Morgan fingerprint density at radius 1 is 1.12 bits per heavy atom. The predicted molar refractivity (Wildman–Crippen MR) is 71.1 cm³/mol.